The zero-order chi connectivity index (χ0) is 12.3. The summed E-state index contributed by atoms with van der Waals surface area (Å²) in [6, 6.07) is 0. The second kappa shape index (κ2) is 4.63. The van der Waals surface area contributed by atoms with Crippen LogP contribution in [0.5, 0.6) is 0 Å². The van der Waals surface area contributed by atoms with Gasteiger partial charge in [0, 0.05) is 6.42 Å². The quantitative estimate of drug-likeness (QED) is 0.581. The van der Waals surface area contributed by atoms with Crippen molar-refractivity contribution in [3.8, 4) is 0 Å². The average Bonchev–Trinajstić information content (AvgIpc) is 1.96. The highest BCUT2D eigenvalue weighted by molar-refractivity contribution is 5.00. The molecule has 0 fully saturated rings. The summed E-state index contributed by atoms with van der Waals surface area (Å²) < 4.78 is 26.8. The van der Waals surface area contributed by atoms with Gasteiger partial charge in [0.1, 0.15) is 0 Å². The molecule has 0 unspecified atom stereocenters. The van der Waals surface area contributed by atoms with Crippen LogP contribution in [-0.4, -0.2) is 5.92 Å². The number of hydrogen-bond donors (Lipinski definition) is 0. The Balaban J connectivity index is 4.26. The Bertz CT molecular complexity index is 214. The molecule has 15 heavy (non-hydrogen) atoms. The summed E-state index contributed by atoms with van der Waals surface area (Å²) >= 11 is 0. The van der Waals surface area contributed by atoms with Crippen LogP contribution in [0.15, 0.2) is 12.2 Å². The molecule has 0 saturated heterocycles. The average molecular weight is 218 g/mol. The third-order valence-electron chi connectivity index (χ3n) is 2.04. The predicted octanol–water partition coefficient (Wildman–Crippen LogP) is 5.05. The first-order valence-corrected chi connectivity index (χ1v) is 5.50. The third-order valence-corrected chi connectivity index (χ3v) is 2.04. The van der Waals surface area contributed by atoms with Gasteiger partial charge in [0.25, 0.3) is 5.92 Å². The lowest BCUT2D eigenvalue weighted by Crippen LogP contribution is -2.17. The largest absolute Gasteiger partial charge is 0.266 e. The van der Waals surface area contributed by atoms with E-state index in [1.54, 1.807) is 6.08 Å². The summed E-state index contributed by atoms with van der Waals surface area (Å²) in [6.45, 7) is 11.7. The summed E-state index contributed by atoms with van der Waals surface area (Å²) in [7, 11) is 0. The Kier molecular flexibility index (Phi) is 4.50. The van der Waals surface area contributed by atoms with E-state index >= 15 is 0 Å². The van der Waals surface area contributed by atoms with Crippen LogP contribution in [-0.2, 0) is 0 Å². The molecular formula is C13H24F2. The normalized spacial score (nSPS) is 14.9. The van der Waals surface area contributed by atoms with Crippen molar-refractivity contribution in [1.29, 1.82) is 0 Å². The van der Waals surface area contributed by atoms with Gasteiger partial charge in [-0.3, -0.25) is 0 Å². The summed E-state index contributed by atoms with van der Waals surface area (Å²) in [4.78, 5) is 0. The van der Waals surface area contributed by atoms with Crippen LogP contribution in [0.3, 0.4) is 0 Å². The first-order chi connectivity index (χ1) is 6.41. The van der Waals surface area contributed by atoms with Gasteiger partial charge in [-0.05, 0) is 23.3 Å². The molecule has 0 radical (unpaired) electrons. The molecule has 0 rings (SSSR count). The molecule has 0 amide bonds. The van der Waals surface area contributed by atoms with Gasteiger partial charge in [-0.2, -0.15) is 0 Å². The van der Waals surface area contributed by atoms with E-state index in [0.717, 1.165) is 6.08 Å². The van der Waals surface area contributed by atoms with Crippen molar-refractivity contribution in [3.63, 3.8) is 0 Å². The summed E-state index contributed by atoms with van der Waals surface area (Å²) in [6.07, 6.45) is 3.12. The van der Waals surface area contributed by atoms with Crippen LogP contribution >= 0.6 is 0 Å². The van der Waals surface area contributed by atoms with E-state index < -0.39 is 5.92 Å². The Labute approximate surface area is 92.8 Å². The fraction of sp³-hybridized carbons (Fsp3) is 0.846. The van der Waals surface area contributed by atoms with E-state index in [0.29, 0.717) is 6.42 Å². The first-order valence-electron chi connectivity index (χ1n) is 5.50. The maximum Gasteiger partial charge on any atom is 0.266 e. The Morgan fingerprint density at radius 3 is 1.60 bits per heavy atom. The van der Waals surface area contributed by atoms with Crippen molar-refractivity contribution in [2.24, 2.45) is 10.8 Å². The lowest BCUT2D eigenvalue weighted by molar-refractivity contribution is 0.0327. The molecule has 0 spiro atoms. The molecule has 0 aromatic carbocycles. The fourth-order valence-electron chi connectivity index (χ4n) is 0.997. The van der Waals surface area contributed by atoms with Crippen LogP contribution in [0.4, 0.5) is 8.78 Å². The van der Waals surface area contributed by atoms with Gasteiger partial charge in [-0.25, -0.2) is 8.78 Å². The summed E-state index contributed by atoms with van der Waals surface area (Å²) in [5.74, 6) is -2.67. The van der Waals surface area contributed by atoms with Crippen LogP contribution in [0.1, 0.15) is 54.4 Å². The lowest BCUT2D eigenvalue weighted by atomic mass is 9.88. The molecule has 0 aliphatic carbocycles. The second-order valence-electron chi connectivity index (χ2n) is 6.52. The molecule has 0 atom stereocenters. The molecule has 2 heteroatoms. The molecule has 0 saturated carbocycles. The molecule has 0 bridgehead atoms. The van der Waals surface area contributed by atoms with Gasteiger partial charge in [-0.1, -0.05) is 47.6 Å². The highest BCUT2D eigenvalue weighted by Crippen LogP contribution is 2.31. The molecule has 0 nitrogen and oxygen atoms in total. The minimum absolute atomic E-state index is 0.0288. The van der Waals surface area contributed by atoms with Gasteiger partial charge in [0.15, 0.2) is 0 Å². The number of hydrogen-bond acceptors (Lipinski definition) is 0. The van der Waals surface area contributed by atoms with E-state index in [9.17, 15) is 8.78 Å². The molecule has 0 aromatic rings. The lowest BCUT2D eigenvalue weighted by Gasteiger charge is -2.22. The van der Waals surface area contributed by atoms with Crippen LogP contribution < -0.4 is 0 Å². The Morgan fingerprint density at radius 2 is 1.27 bits per heavy atom. The third kappa shape index (κ3) is 9.89. The fourth-order valence-corrected chi connectivity index (χ4v) is 0.997. The molecular weight excluding hydrogens is 194 g/mol. The molecule has 0 aliphatic rings. The monoisotopic (exact) mass is 218 g/mol. The maximum atomic E-state index is 13.4. The van der Waals surface area contributed by atoms with E-state index in [1.165, 1.54) is 0 Å². The standard InChI is InChI=1S/C13H24F2/c1-11(2,3)7-9-13(14,15)10-8-12(4,5)6/h7,9H,8,10H2,1-6H3/b9-7+. The maximum absolute atomic E-state index is 13.4. The summed E-state index contributed by atoms with van der Waals surface area (Å²) in [5, 5.41) is 0. The van der Waals surface area contributed by atoms with Crippen molar-refractivity contribution in [3.05, 3.63) is 12.2 Å². The number of halogens is 2. The van der Waals surface area contributed by atoms with Crippen molar-refractivity contribution in [2.45, 2.75) is 60.3 Å². The molecule has 0 aromatic heterocycles. The van der Waals surface area contributed by atoms with Gasteiger partial charge in [-0.15, -0.1) is 0 Å². The van der Waals surface area contributed by atoms with Crippen molar-refractivity contribution in [2.75, 3.05) is 0 Å². The van der Waals surface area contributed by atoms with Crippen LogP contribution in [0.2, 0.25) is 0 Å². The zero-order valence-electron chi connectivity index (χ0n) is 10.8. The van der Waals surface area contributed by atoms with Crippen LogP contribution in [0, 0.1) is 10.8 Å². The first kappa shape index (κ1) is 14.6. The minimum atomic E-state index is -2.67. The summed E-state index contributed by atoms with van der Waals surface area (Å²) in [5.41, 5.74) is -0.204. The van der Waals surface area contributed by atoms with Gasteiger partial charge in [0.2, 0.25) is 0 Å². The van der Waals surface area contributed by atoms with Gasteiger partial charge in [0.05, 0.1) is 0 Å². The number of alkyl halides is 2. The zero-order valence-corrected chi connectivity index (χ0v) is 10.8. The smallest absolute Gasteiger partial charge is 0.202 e. The predicted molar refractivity (Wildman–Crippen MR) is 62.2 cm³/mol. The van der Waals surface area contributed by atoms with E-state index in [4.69, 9.17) is 0 Å². The van der Waals surface area contributed by atoms with E-state index in [-0.39, 0.29) is 17.3 Å². The Hall–Kier alpha value is -0.400. The highest BCUT2D eigenvalue weighted by atomic mass is 19.3. The Morgan fingerprint density at radius 1 is 0.800 bits per heavy atom. The SMILES string of the molecule is CC(C)(C)/C=C/C(F)(F)CCC(C)(C)C. The van der Waals surface area contributed by atoms with Crippen LogP contribution in [0.25, 0.3) is 0 Å². The molecule has 0 heterocycles. The second-order valence-corrected chi connectivity index (χ2v) is 6.52. The van der Waals surface area contributed by atoms with Crippen molar-refractivity contribution < 1.29 is 8.78 Å². The molecule has 0 N–H and O–H groups in total. The van der Waals surface area contributed by atoms with Gasteiger partial charge < -0.3 is 0 Å². The molecule has 90 valence electrons. The molecule has 0 aliphatic heterocycles. The number of allylic oxidation sites excluding steroid dienone is 2. The van der Waals surface area contributed by atoms with Crippen molar-refractivity contribution >= 4 is 0 Å². The van der Waals surface area contributed by atoms with E-state index in [1.807, 2.05) is 41.5 Å². The topological polar surface area (TPSA) is 0 Å². The van der Waals surface area contributed by atoms with E-state index in [2.05, 4.69) is 0 Å². The van der Waals surface area contributed by atoms with Gasteiger partial charge >= 0.3 is 0 Å². The van der Waals surface area contributed by atoms with Crippen molar-refractivity contribution in [1.82, 2.24) is 0 Å². The highest BCUT2D eigenvalue weighted by Gasteiger charge is 2.27. The minimum Gasteiger partial charge on any atom is -0.202 e. The number of rotatable bonds is 3.